The van der Waals surface area contributed by atoms with Crippen molar-refractivity contribution in [2.24, 2.45) is 5.92 Å². The second-order valence-electron chi connectivity index (χ2n) is 36.9. The third-order valence-corrected chi connectivity index (χ3v) is 24.2. The second-order valence-corrected chi connectivity index (χ2v) is 37.8. The predicted molar refractivity (Wildman–Crippen MR) is 439 cm³/mol. The van der Waals surface area contributed by atoms with Crippen LogP contribution in [-0.4, -0.2) is 167 Å². The van der Waals surface area contributed by atoms with Crippen LogP contribution in [0.15, 0.2) is 84.4 Å². The molecule has 1 amide bonds. The highest BCUT2D eigenvalue weighted by molar-refractivity contribution is 7.13. The van der Waals surface area contributed by atoms with Crippen LogP contribution in [0.1, 0.15) is 300 Å². The van der Waals surface area contributed by atoms with Gasteiger partial charge in [0.1, 0.15) is 23.3 Å². The lowest BCUT2D eigenvalue weighted by molar-refractivity contribution is -0.145. The van der Waals surface area contributed by atoms with E-state index in [0.29, 0.717) is 46.9 Å². The van der Waals surface area contributed by atoms with Gasteiger partial charge < -0.3 is 25.3 Å². The van der Waals surface area contributed by atoms with Crippen molar-refractivity contribution in [1.29, 1.82) is 0 Å². The van der Waals surface area contributed by atoms with Gasteiger partial charge in [0.25, 0.3) is 0 Å². The molecule has 6 saturated heterocycles. The highest BCUT2D eigenvalue weighted by Gasteiger charge is 2.49. The van der Waals surface area contributed by atoms with E-state index in [1.807, 2.05) is 17.5 Å². The number of aromatic amines is 2. The first-order chi connectivity index (χ1) is 51.1. The Hall–Kier alpha value is -6.04. The van der Waals surface area contributed by atoms with E-state index in [1.54, 1.807) is 12.3 Å². The Bertz CT molecular complexity index is 3920. The fraction of sp³-hybridized carbons (Fsp3) is 0.678. The quantitative estimate of drug-likeness (QED) is 0.0841. The van der Waals surface area contributed by atoms with Gasteiger partial charge in [-0.1, -0.05) is 81.7 Å². The van der Waals surface area contributed by atoms with Gasteiger partial charge in [0.2, 0.25) is 5.91 Å². The summed E-state index contributed by atoms with van der Waals surface area (Å²) in [6, 6.07) is 25.3. The molecule has 9 atom stereocenters. The number of carbonyl (C=O) groups is 2. The number of thiazole rings is 1. The Kier molecular flexibility index (Phi) is 29.0. The monoisotopic (exact) mass is 1510 g/mol. The van der Waals surface area contributed by atoms with Crippen molar-refractivity contribution in [3.63, 3.8) is 0 Å². The maximum absolute atomic E-state index is 13.4. The summed E-state index contributed by atoms with van der Waals surface area (Å²) >= 11 is 1.46. The van der Waals surface area contributed by atoms with Crippen LogP contribution in [0.25, 0.3) is 33.3 Å². The molecule has 4 aromatic heterocycles. The first-order valence-electron chi connectivity index (χ1n) is 41.4. The lowest BCUT2D eigenvalue weighted by Crippen LogP contribution is -2.55. The number of carboxylic acids is 1. The molecule has 3 aromatic carbocycles. The third-order valence-electron chi connectivity index (χ3n) is 23.5. The van der Waals surface area contributed by atoms with Gasteiger partial charge in [-0.25, -0.2) is 28.5 Å². The number of halogens is 2. The number of H-pyrrole nitrogens is 2. The number of imidazole rings is 2. The molecule has 2 saturated carbocycles. The van der Waals surface area contributed by atoms with Crippen LogP contribution in [0, 0.1) is 17.6 Å². The molecule has 0 spiro atoms. The van der Waals surface area contributed by atoms with Gasteiger partial charge >= 0.3 is 5.97 Å². The molecule has 596 valence electrons. The number of amides is 1. The van der Waals surface area contributed by atoms with Gasteiger partial charge in [0.15, 0.2) is 11.3 Å². The number of hydrogen-bond donors (Lipinski definition) is 6. The molecule has 15 rings (SSSR count). The van der Waals surface area contributed by atoms with Crippen molar-refractivity contribution in [1.82, 2.24) is 69.8 Å². The number of piperidine rings is 5. The number of anilines is 1. The summed E-state index contributed by atoms with van der Waals surface area (Å²) in [6.45, 7) is 43.5. The van der Waals surface area contributed by atoms with Gasteiger partial charge in [-0.15, -0.1) is 11.3 Å². The molecule has 108 heavy (non-hydrogen) atoms. The highest BCUT2D eigenvalue weighted by Crippen LogP contribution is 2.42. The number of carboxylic acid groups (broad SMARTS) is 1. The lowest BCUT2D eigenvalue weighted by Gasteiger charge is -2.50. The number of nitrogens with zero attached hydrogens (tertiary/aromatic N) is 10. The number of likely N-dealkylation sites (tertiary alicyclic amines) is 4. The van der Waals surface area contributed by atoms with Crippen molar-refractivity contribution in [2.75, 3.05) is 38.0 Å². The summed E-state index contributed by atoms with van der Waals surface area (Å²) in [7, 11) is 0. The Morgan fingerprint density at radius 3 is 1.80 bits per heavy atom. The molecule has 0 radical (unpaired) electrons. The van der Waals surface area contributed by atoms with Crippen LogP contribution in [-0.2, 0) is 9.59 Å². The number of carbonyl (C=O) groups excluding carboxylic acids is 1. The zero-order valence-electron chi connectivity index (χ0n) is 68.8. The molecule has 21 heteroatoms. The number of nitrogens with one attached hydrogen (secondary N) is 5. The third kappa shape index (κ3) is 22.0. The summed E-state index contributed by atoms with van der Waals surface area (Å²) in [6.07, 6.45) is 28.9. The summed E-state index contributed by atoms with van der Waals surface area (Å²) in [5.74, 6) is 1.95. The highest BCUT2D eigenvalue weighted by atomic mass is 32.1. The van der Waals surface area contributed by atoms with Crippen LogP contribution in [0.4, 0.5) is 13.9 Å². The number of aromatic nitrogens is 7. The van der Waals surface area contributed by atoms with Crippen molar-refractivity contribution in [3.8, 4) is 11.3 Å². The van der Waals surface area contributed by atoms with E-state index in [2.05, 4.69) is 223 Å². The van der Waals surface area contributed by atoms with Crippen molar-refractivity contribution in [3.05, 3.63) is 113 Å². The van der Waals surface area contributed by atoms with Crippen molar-refractivity contribution < 1.29 is 23.5 Å². The largest absolute Gasteiger partial charge is 0.479 e. The number of benzene rings is 3. The number of aliphatic carboxylic acids is 1. The average Bonchev–Trinajstić information content (AvgIpc) is 1.64. The molecule has 8 fully saturated rings. The van der Waals surface area contributed by atoms with Crippen LogP contribution >= 0.6 is 11.3 Å². The minimum absolute atomic E-state index is 0.0253. The van der Waals surface area contributed by atoms with E-state index >= 15 is 0 Å². The molecular formula is C87H135F2N15O3S. The zero-order chi connectivity index (χ0) is 77.9. The number of rotatable bonds is 8. The summed E-state index contributed by atoms with van der Waals surface area (Å²) in [5.41, 5.74) is 7.55. The summed E-state index contributed by atoms with van der Waals surface area (Å²) < 4.78 is 28.9. The molecule has 10 heterocycles. The summed E-state index contributed by atoms with van der Waals surface area (Å²) in [4.78, 5) is 52.8. The molecule has 6 N–H and O–H groups in total. The predicted octanol–water partition coefficient (Wildman–Crippen LogP) is 19.6. The van der Waals surface area contributed by atoms with Crippen LogP contribution in [0.3, 0.4) is 0 Å². The van der Waals surface area contributed by atoms with Gasteiger partial charge in [-0.05, 0) is 283 Å². The van der Waals surface area contributed by atoms with E-state index in [1.165, 1.54) is 163 Å². The minimum atomic E-state index is -0.746. The molecule has 18 nitrogen and oxygen atoms in total. The van der Waals surface area contributed by atoms with Gasteiger partial charge in [-0.2, -0.15) is 5.10 Å². The van der Waals surface area contributed by atoms with Crippen LogP contribution in [0.5, 0.6) is 0 Å². The molecule has 0 bridgehead atoms. The lowest BCUT2D eigenvalue weighted by atomic mass is 9.76. The smallest absolute Gasteiger partial charge is 0.335 e. The molecule has 8 aliphatic rings. The molecule has 7 aromatic rings. The van der Waals surface area contributed by atoms with Crippen LogP contribution < -0.4 is 16.0 Å². The minimum Gasteiger partial charge on any atom is -0.479 e. The van der Waals surface area contributed by atoms with E-state index in [-0.39, 0.29) is 45.7 Å². The number of fused-ring (bicyclic) bond motifs is 4. The van der Waals surface area contributed by atoms with Crippen LogP contribution in [0.2, 0.25) is 0 Å². The van der Waals surface area contributed by atoms with Crippen molar-refractivity contribution in [2.45, 2.75) is 341 Å². The first-order valence-corrected chi connectivity index (χ1v) is 42.2. The Labute approximate surface area is 649 Å². The molecule has 6 aliphatic heterocycles. The first kappa shape index (κ1) is 84.4. The molecular weight excluding hydrogens is 1370 g/mol. The normalized spacial score (nSPS) is 25.1. The van der Waals surface area contributed by atoms with Gasteiger partial charge in [0, 0.05) is 75.1 Å². The SMILES string of the molecule is CC(C)(C)N1C(C(=O)O)NC2CCCCC21.CC(C)(C)N1CCCC2CCCCC21.CC(C)(C)N1CCCCC1C(=O)Nc1nccs1.CC(C)(C)N1CCCCC1c1cc(-c2ccccc2)n[nH]1.CC(C)(C)N1CCCCC1c1nc2ccc(F)cc2[nH]1.CC(C)n1c(C2CCCCN2)nc2cc(F)ccc21. The maximum atomic E-state index is 13.4. The van der Waals surface area contributed by atoms with E-state index in [0.717, 1.165) is 110 Å². The zero-order valence-corrected chi connectivity index (χ0v) is 69.7. The van der Waals surface area contributed by atoms with Gasteiger partial charge in [-0.3, -0.25) is 39.7 Å². The second kappa shape index (κ2) is 37.1. The van der Waals surface area contributed by atoms with Crippen molar-refractivity contribution >= 4 is 50.4 Å². The molecule has 9 unspecified atom stereocenters. The van der Waals surface area contributed by atoms with Gasteiger partial charge in [0.05, 0.1) is 57.6 Å². The summed E-state index contributed by atoms with van der Waals surface area (Å²) in [5, 5.41) is 29.4. The Morgan fingerprint density at radius 1 is 0.583 bits per heavy atom. The Morgan fingerprint density at radius 2 is 1.17 bits per heavy atom. The van der Waals surface area contributed by atoms with E-state index < -0.39 is 12.1 Å². The topological polar surface area (TPSA) is 195 Å². The fourth-order valence-electron chi connectivity index (χ4n) is 18.6. The average molecular weight is 1510 g/mol. The Balaban J connectivity index is 0.000000139. The van der Waals surface area contributed by atoms with E-state index in [9.17, 15) is 23.5 Å². The standard InChI is InChI=1S/C18H25N3.C16H22FN3.C15H20FN3.C13H21N3OS.C13H25N.C12H22N2O2/c1-18(2,3)21-12-8-7-11-17(21)16-13-15(19-20-16)14-9-5-4-6-10-14;1-16(2,3)20-9-5-4-6-14(20)15-18-12-8-7-11(17)10-13(12)19-15;1-10(2)19-14-7-6-11(16)9-13(14)18-15(19)12-5-3-4-8-17-12;1-13(2,3)16-8-5-4-6-10(16)11(17)15-12-14-7-9-18-12;1-13(2,3)14-10-6-8-11-7-4-5-9-12(11)14;1-12(2,3)14-9-7-5-4-6-8(9)13-10(14)11(15)16/h4-6,9-10,13,17H,7-8,11-12H2,1-3H3,(H,19,20);7-8,10,14H,4-6,9H2,1-3H3,(H,18,19);6-7,9-10,12,17H,3-5,8H2,1-2H3;7,9-10H,4-6,8H2,1-3H3,(H,14,15,17);11-12H,4-10H2,1-3H3;8-10,13H,4-7H2,1-3H3,(H,15,16). The number of hydrogen-bond acceptors (Lipinski definition) is 14. The van der Waals surface area contributed by atoms with E-state index in [4.69, 9.17) is 0 Å². The molecule has 2 aliphatic carbocycles. The maximum Gasteiger partial charge on any atom is 0.335 e. The fourth-order valence-corrected chi connectivity index (χ4v) is 19.1.